The molecule has 2 saturated heterocycles. The summed E-state index contributed by atoms with van der Waals surface area (Å²) >= 11 is 0. The molecule has 2 aliphatic rings. The summed E-state index contributed by atoms with van der Waals surface area (Å²) in [6.45, 7) is 3.49. The van der Waals surface area contributed by atoms with Gasteiger partial charge in [0.05, 0.1) is 19.6 Å². The van der Waals surface area contributed by atoms with Gasteiger partial charge in [-0.3, -0.25) is 14.5 Å². The van der Waals surface area contributed by atoms with Crippen LogP contribution in [0.4, 0.5) is 0 Å². The summed E-state index contributed by atoms with van der Waals surface area (Å²) in [7, 11) is 1.42. The Labute approximate surface area is 145 Å². The van der Waals surface area contributed by atoms with Crippen LogP contribution in [0, 0.1) is 5.92 Å². The number of likely N-dealkylation sites (tertiary alicyclic amines) is 2. The van der Waals surface area contributed by atoms with E-state index in [9.17, 15) is 9.59 Å². The molecule has 0 bridgehead atoms. The number of nitrogens with two attached hydrogens (primary N) is 1. The predicted octanol–water partition coefficient (Wildman–Crippen LogP) is 1.02. The molecule has 1 unspecified atom stereocenters. The Morgan fingerprint density at radius 3 is 2.43 bits per heavy atom. The summed E-state index contributed by atoms with van der Waals surface area (Å²) in [4.78, 5) is 28.2. The van der Waals surface area contributed by atoms with Crippen LogP contribution < -0.4 is 5.73 Å². The second-order valence-electron chi connectivity index (χ2n) is 6.38. The zero-order valence-corrected chi connectivity index (χ0v) is 14.9. The van der Waals surface area contributed by atoms with E-state index in [0.717, 1.165) is 19.4 Å². The van der Waals surface area contributed by atoms with Crippen molar-refractivity contribution in [1.29, 1.82) is 0 Å². The summed E-state index contributed by atoms with van der Waals surface area (Å²) in [5, 5.41) is 0. The third kappa shape index (κ3) is 5.62. The van der Waals surface area contributed by atoms with Gasteiger partial charge >= 0.3 is 5.97 Å². The van der Waals surface area contributed by atoms with Crippen molar-refractivity contribution in [2.45, 2.75) is 44.6 Å². The average Bonchev–Trinajstić information content (AvgIpc) is 2.56. The van der Waals surface area contributed by atoms with Crippen LogP contribution in [0.1, 0.15) is 38.5 Å². The number of amides is 1. The molecule has 0 aliphatic carbocycles. The molecular weight excluding hydrogens is 318 g/mol. The van der Waals surface area contributed by atoms with Crippen molar-refractivity contribution < 1.29 is 14.3 Å². The van der Waals surface area contributed by atoms with E-state index in [4.69, 9.17) is 10.5 Å². The molecule has 1 amide bonds. The van der Waals surface area contributed by atoms with Gasteiger partial charge in [0, 0.05) is 19.1 Å². The van der Waals surface area contributed by atoms with Gasteiger partial charge in [0.2, 0.25) is 5.91 Å². The molecule has 0 aromatic carbocycles. The lowest BCUT2D eigenvalue weighted by atomic mass is 9.96. The first kappa shape index (κ1) is 20.2. The number of rotatable bonds is 5. The summed E-state index contributed by atoms with van der Waals surface area (Å²) in [5.41, 5.74) is 5.69. The van der Waals surface area contributed by atoms with Gasteiger partial charge in [0.1, 0.15) is 0 Å². The van der Waals surface area contributed by atoms with Crippen molar-refractivity contribution in [3.63, 3.8) is 0 Å². The smallest absolute Gasteiger partial charge is 0.308 e. The number of nitrogens with zero attached hydrogens (tertiary/aromatic N) is 2. The van der Waals surface area contributed by atoms with Crippen molar-refractivity contribution in [1.82, 2.24) is 9.80 Å². The Morgan fingerprint density at radius 1 is 1.13 bits per heavy atom. The van der Waals surface area contributed by atoms with E-state index in [1.165, 1.54) is 20.0 Å². The average molecular weight is 348 g/mol. The Balaban J connectivity index is 0.00000264. The molecule has 0 aromatic rings. The fraction of sp³-hybridized carbons (Fsp3) is 0.875. The molecule has 1 atom stereocenters. The largest absolute Gasteiger partial charge is 0.469 e. The molecule has 6 nitrogen and oxygen atoms in total. The zero-order chi connectivity index (χ0) is 15.9. The van der Waals surface area contributed by atoms with E-state index in [1.807, 2.05) is 4.90 Å². The van der Waals surface area contributed by atoms with Gasteiger partial charge in [-0.05, 0) is 45.2 Å². The number of ether oxygens (including phenoxy) is 1. The third-order valence-electron chi connectivity index (χ3n) is 4.97. The fourth-order valence-electron chi connectivity index (χ4n) is 3.59. The summed E-state index contributed by atoms with van der Waals surface area (Å²) in [5.74, 6) is -0.00704. The topological polar surface area (TPSA) is 75.9 Å². The lowest BCUT2D eigenvalue weighted by Gasteiger charge is -2.37. The molecule has 0 spiro atoms. The molecule has 2 aliphatic heterocycles. The number of halogens is 1. The quantitative estimate of drug-likeness (QED) is 0.751. The van der Waals surface area contributed by atoms with E-state index >= 15 is 0 Å². The van der Waals surface area contributed by atoms with E-state index in [0.29, 0.717) is 45.1 Å². The normalized spacial score (nSPS) is 23.2. The molecule has 7 heteroatoms. The van der Waals surface area contributed by atoms with Gasteiger partial charge in [-0.25, -0.2) is 0 Å². The molecule has 2 rings (SSSR count). The van der Waals surface area contributed by atoms with E-state index in [2.05, 4.69) is 4.90 Å². The molecule has 0 radical (unpaired) electrons. The highest BCUT2D eigenvalue weighted by Gasteiger charge is 2.30. The summed E-state index contributed by atoms with van der Waals surface area (Å²) in [6.07, 6.45) is 5.94. The highest BCUT2D eigenvalue weighted by molar-refractivity contribution is 5.85. The van der Waals surface area contributed by atoms with Crippen LogP contribution >= 0.6 is 12.4 Å². The van der Waals surface area contributed by atoms with Gasteiger partial charge in [0.25, 0.3) is 0 Å². The first-order chi connectivity index (χ1) is 10.7. The van der Waals surface area contributed by atoms with Crippen LogP contribution in [0.25, 0.3) is 0 Å². The van der Waals surface area contributed by atoms with Crippen molar-refractivity contribution in [3.8, 4) is 0 Å². The minimum atomic E-state index is -0.147. The highest BCUT2D eigenvalue weighted by atomic mass is 35.5. The van der Waals surface area contributed by atoms with Crippen LogP contribution in [0.15, 0.2) is 0 Å². The van der Waals surface area contributed by atoms with Gasteiger partial charge < -0.3 is 15.4 Å². The number of hydrogen-bond acceptors (Lipinski definition) is 5. The molecule has 23 heavy (non-hydrogen) atoms. The lowest BCUT2D eigenvalue weighted by Crippen LogP contribution is -2.49. The molecule has 2 N–H and O–H groups in total. The lowest BCUT2D eigenvalue weighted by molar-refractivity contribution is -0.149. The molecule has 2 fully saturated rings. The predicted molar refractivity (Wildman–Crippen MR) is 91.5 cm³/mol. The minimum Gasteiger partial charge on any atom is -0.469 e. The van der Waals surface area contributed by atoms with Crippen LogP contribution in [-0.2, 0) is 14.3 Å². The first-order valence-corrected chi connectivity index (χ1v) is 8.45. The molecule has 2 heterocycles. The zero-order valence-electron chi connectivity index (χ0n) is 14.0. The summed E-state index contributed by atoms with van der Waals surface area (Å²) in [6, 6.07) is 0.454. The standard InChI is InChI=1S/C16H29N3O3.ClH/c1-22-16(21)13-6-10-18(11-7-13)15(20)12-19-9-3-2-4-14(19)5-8-17;/h13-14H,2-12,17H2,1H3;1H. The van der Waals surface area contributed by atoms with Crippen molar-refractivity contribution >= 4 is 24.3 Å². The number of piperidine rings is 2. The second-order valence-corrected chi connectivity index (χ2v) is 6.38. The second kappa shape index (κ2) is 10.1. The number of hydrogen-bond donors (Lipinski definition) is 1. The Kier molecular flexibility index (Phi) is 8.87. The minimum absolute atomic E-state index is 0. The maximum atomic E-state index is 12.5. The van der Waals surface area contributed by atoms with Crippen LogP contribution in [0.5, 0.6) is 0 Å². The van der Waals surface area contributed by atoms with Crippen LogP contribution in [0.3, 0.4) is 0 Å². The number of esters is 1. The maximum Gasteiger partial charge on any atom is 0.308 e. The van der Waals surface area contributed by atoms with Gasteiger partial charge in [-0.1, -0.05) is 6.42 Å². The Bertz CT molecular complexity index is 385. The Morgan fingerprint density at radius 2 is 1.83 bits per heavy atom. The van der Waals surface area contributed by atoms with Crippen LogP contribution in [-0.4, -0.2) is 67.6 Å². The van der Waals surface area contributed by atoms with Gasteiger partial charge in [-0.2, -0.15) is 0 Å². The van der Waals surface area contributed by atoms with E-state index in [1.54, 1.807) is 0 Å². The number of carbonyl (C=O) groups is 2. The number of carbonyl (C=O) groups excluding carboxylic acids is 2. The molecular formula is C16H30ClN3O3. The Hall–Kier alpha value is -0.850. The maximum absolute atomic E-state index is 12.5. The highest BCUT2D eigenvalue weighted by Crippen LogP contribution is 2.21. The molecule has 0 saturated carbocycles. The number of methoxy groups -OCH3 is 1. The monoisotopic (exact) mass is 347 g/mol. The van der Waals surface area contributed by atoms with Gasteiger partial charge in [0.15, 0.2) is 0 Å². The summed E-state index contributed by atoms with van der Waals surface area (Å²) < 4.78 is 4.79. The van der Waals surface area contributed by atoms with Crippen molar-refractivity contribution in [2.24, 2.45) is 11.7 Å². The first-order valence-electron chi connectivity index (χ1n) is 8.45. The van der Waals surface area contributed by atoms with Gasteiger partial charge in [-0.15, -0.1) is 12.4 Å². The van der Waals surface area contributed by atoms with E-state index in [-0.39, 0.29) is 30.2 Å². The third-order valence-corrected chi connectivity index (χ3v) is 4.97. The molecule has 0 aromatic heterocycles. The van der Waals surface area contributed by atoms with Crippen LogP contribution in [0.2, 0.25) is 0 Å². The fourth-order valence-corrected chi connectivity index (χ4v) is 3.59. The molecule has 134 valence electrons. The van der Waals surface area contributed by atoms with Crippen molar-refractivity contribution in [2.75, 3.05) is 39.8 Å². The SMILES string of the molecule is COC(=O)C1CCN(C(=O)CN2CCCCC2CCN)CC1.Cl. The van der Waals surface area contributed by atoms with E-state index < -0.39 is 0 Å². The van der Waals surface area contributed by atoms with Crippen molar-refractivity contribution in [3.05, 3.63) is 0 Å².